The van der Waals surface area contributed by atoms with Crippen LogP contribution in [0.5, 0.6) is 0 Å². The van der Waals surface area contributed by atoms with E-state index in [-0.39, 0.29) is 6.04 Å². The zero-order valence-electron chi connectivity index (χ0n) is 13.9. The molecule has 1 unspecified atom stereocenters. The molecular weight excluding hydrogens is 330 g/mol. The minimum Gasteiger partial charge on any atom is -0.465 e. The molecule has 7 nitrogen and oxygen atoms in total. The lowest BCUT2D eigenvalue weighted by Crippen LogP contribution is -2.30. The summed E-state index contributed by atoms with van der Waals surface area (Å²) in [5.41, 5.74) is 2.40. The van der Waals surface area contributed by atoms with Crippen molar-refractivity contribution in [3.63, 3.8) is 0 Å². The molecule has 4 rings (SSSR count). The molecule has 1 atom stereocenters. The second-order valence-corrected chi connectivity index (χ2v) is 6.14. The van der Waals surface area contributed by atoms with E-state index in [9.17, 15) is 4.79 Å². The molecule has 3 heterocycles. The number of fused-ring (bicyclic) bond motifs is 1. The molecule has 26 heavy (non-hydrogen) atoms. The van der Waals surface area contributed by atoms with Crippen molar-refractivity contribution in [1.29, 1.82) is 0 Å². The lowest BCUT2D eigenvalue weighted by atomic mass is 10.2. The summed E-state index contributed by atoms with van der Waals surface area (Å²) in [6.45, 7) is 0.980. The van der Waals surface area contributed by atoms with Gasteiger partial charge in [0.2, 0.25) is 0 Å². The SMILES string of the molecule is O=C(O)N1CCC(Nc2ncnc3[nH]c(C#Cc4ccccc4)cc23)C1. The van der Waals surface area contributed by atoms with Gasteiger partial charge in [-0.2, -0.15) is 0 Å². The summed E-state index contributed by atoms with van der Waals surface area (Å²) in [5.74, 6) is 6.91. The van der Waals surface area contributed by atoms with Crippen LogP contribution >= 0.6 is 0 Å². The van der Waals surface area contributed by atoms with Gasteiger partial charge in [0.05, 0.1) is 11.1 Å². The van der Waals surface area contributed by atoms with Crippen LogP contribution < -0.4 is 5.32 Å². The third-order valence-electron chi connectivity index (χ3n) is 4.34. The van der Waals surface area contributed by atoms with Gasteiger partial charge in [-0.3, -0.25) is 0 Å². The first-order chi connectivity index (χ1) is 12.7. The highest BCUT2D eigenvalue weighted by atomic mass is 16.4. The Morgan fingerprint density at radius 3 is 2.88 bits per heavy atom. The Kier molecular flexibility index (Phi) is 4.15. The second kappa shape index (κ2) is 6.76. The van der Waals surface area contributed by atoms with E-state index in [1.165, 1.54) is 11.2 Å². The summed E-state index contributed by atoms with van der Waals surface area (Å²) in [6.07, 6.45) is 1.35. The number of carboxylic acid groups (broad SMARTS) is 1. The van der Waals surface area contributed by atoms with Gasteiger partial charge in [-0.1, -0.05) is 24.1 Å². The van der Waals surface area contributed by atoms with Crippen LogP contribution in [0.4, 0.5) is 10.6 Å². The topological polar surface area (TPSA) is 94.1 Å². The smallest absolute Gasteiger partial charge is 0.407 e. The molecule has 2 aromatic heterocycles. The van der Waals surface area contributed by atoms with Gasteiger partial charge in [-0.05, 0) is 30.5 Å². The molecule has 3 N–H and O–H groups in total. The first kappa shape index (κ1) is 16.0. The fraction of sp³-hybridized carbons (Fsp3) is 0.211. The minimum atomic E-state index is -0.887. The molecule has 0 spiro atoms. The fourth-order valence-electron chi connectivity index (χ4n) is 3.03. The van der Waals surface area contributed by atoms with Gasteiger partial charge < -0.3 is 20.3 Å². The molecule has 130 valence electrons. The number of anilines is 1. The number of aromatic nitrogens is 3. The summed E-state index contributed by atoms with van der Waals surface area (Å²) >= 11 is 0. The highest BCUT2D eigenvalue weighted by molar-refractivity contribution is 5.88. The minimum absolute atomic E-state index is 0.0398. The Hall–Kier alpha value is -3.53. The Balaban J connectivity index is 1.57. The molecule has 0 saturated carbocycles. The van der Waals surface area contributed by atoms with Gasteiger partial charge in [0.15, 0.2) is 0 Å². The number of likely N-dealkylation sites (tertiary alicyclic amines) is 1. The van der Waals surface area contributed by atoms with Crippen molar-refractivity contribution >= 4 is 22.9 Å². The summed E-state index contributed by atoms with van der Waals surface area (Å²) in [7, 11) is 0. The second-order valence-electron chi connectivity index (χ2n) is 6.14. The third kappa shape index (κ3) is 3.30. The maximum absolute atomic E-state index is 11.1. The molecule has 1 saturated heterocycles. The van der Waals surface area contributed by atoms with Gasteiger partial charge >= 0.3 is 6.09 Å². The van der Waals surface area contributed by atoms with E-state index in [0.717, 1.165) is 23.1 Å². The highest BCUT2D eigenvalue weighted by Gasteiger charge is 2.26. The maximum Gasteiger partial charge on any atom is 0.407 e. The number of rotatable bonds is 2. The van der Waals surface area contributed by atoms with Gasteiger partial charge in [-0.15, -0.1) is 0 Å². The molecule has 7 heteroatoms. The third-order valence-corrected chi connectivity index (χ3v) is 4.34. The predicted octanol–water partition coefficient (Wildman–Crippen LogP) is 2.52. The molecule has 1 amide bonds. The van der Waals surface area contributed by atoms with Gasteiger partial charge in [0, 0.05) is 24.7 Å². The number of hydrogen-bond acceptors (Lipinski definition) is 4. The van der Waals surface area contributed by atoms with E-state index in [4.69, 9.17) is 5.11 Å². The Bertz CT molecular complexity index is 1000. The molecule has 1 aliphatic rings. The van der Waals surface area contributed by atoms with Gasteiger partial charge in [0.1, 0.15) is 17.8 Å². The monoisotopic (exact) mass is 347 g/mol. The van der Waals surface area contributed by atoms with E-state index >= 15 is 0 Å². The molecule has 1 aliphatic heterocycles. The average Bonchev–Trinajstić information content (AvgIpc) is 3.28. The van der Waals surface area contributed by atoms with E-state index in [1.807, 2.05) is 36.4 Å². The van der Waals surface area contributed by atoms with Gasteiger partial charge in [-0.25, -0.2) is 14.8 Å². The van der Waals surface area contributed by atoms with Crippen molar-refractivity contribution < 1.29 is 9.90 Å². The highest BCUT2D eigenvalue weighted by Crippen LogP contribution is 2.22. The molecular formula is C19H17N5O2. The van der Waals surface area contributed by atoms with Crippen LogP contribution in [0.3, 0.4) is 0 Å². The number of carbonyl (C=O) groups is 1. The quantitative estimate of drug-likeness (QED) is 0.619. The Morgan fingerprint density at radius 2 is 2.12 bits per heavy atom. The van der Waals surface area contributed by atoms with Crippen LogP contribution in [0.2, 0.25) is 0 Å². The lowest BCUT2D eigenvalue weighted by Gasteiger charge is -2.14. The number of H-pyrrole nitrogens is 1. The number of nitrogens with one attached hydrogen (secondary N) is 2. The number of amides is 1. The molecule has 0 aliphatic carbocycles. The lowest BCUT2D eigenvalue weighted by molar-refractivity contribution is 0.155. The normalized spacial score (nSPS) is 16.3. The van der Waals surface area contributed by atoms with E-state index in [2.05, 4.69) is 32.1 Å². The zero-order chi connectivity index (χ0) is 17.9. The molecule has 0 radical (unpaired) electrons. The van der Waals surface area contributed by atoms with Crippen molar-refractivity contribution in [3.05, 3.63) is 54.0 Å². The van der Waals surface area contributed by atoms with Crippen LogP contribution in [-0.2, 0) is 0 Å². The first-order valence-corrected chi connectivity index (χ1v) is 8.34. The van der Waals surface area contributed by atoms with Crippen molar-refractivity contribution in [1.82, 2.24) is 19.9 Å². The summed E-state index contributed by atoms with van der Waals surface area (Å²) in [4.78, 5) is 24.2. The average molecular weight is 347 g/mol. The van der Waals surface area contributed by atoms with Crippen molar-refractivity contribution in [2.24, 2.45) is 0 Å². The maximum atomic E-state index is 11.1. The van der Waals surface area contributed by atoms with Crippen LogP contribution in [0.25, 0.3) is 11.0 Å². The number of nitrogens with zero attached hydrogens (tertiary/aromatic N) is 3. The van der Waals surface area contributed by atoms with E-state index in [0.29, 0.717) is 24.6 Å². The van der Waals surface area contributed by atoms with Crippen molar-refractivity contribution in [2.75, 3.05) is 18.4 Å². The Morgan fingerprint density at radius 1 is 1.27 bits per heavy atom. The van der Waals surface area contributed by atoms with Crippen LogP contribution in [0, 0.1) is 11.8 Å². The number of benzene rings is 1. The van der Waals surface area contributed by atoms with E-state index in [1.54, 1.807) is 0 Å². The largest absolute Gasteiger partial charge is 0.465 e. The summed E-state index contributed by atoms with van der Waals surface area (Å²) < 4.78 is 0. The number of hydrogen-bond donors (Lipinski definition) is 3. The molecule has 1 aromatic carbocycles. The number of aromatic amines is 1. The molecule has 1 fully saturated rings. The van der Waals surface area contributed by atoms with Crippen LogP contribution in [-0.4, -0.2) is 50.2 Å². The predicted molar refractivity (Wildman–Crippen MR) is 97.9 cm³/mol. The van der Waals surface area contributed by atoms with E-state index < -0.39 is 6.09 Å². The fourth-order valence-corrected chi connectivity index (χ4v) is 3.03. The zero-order valence-corrected chi connectivity index (χ0v) is 13.9. The molecule has 0 bridgehead atoms. The van der Waals surface area contributed by atoms with Crippen molar-refractivity contribution in [2.45, 2.75) is 12.5 Å². The molecule has 3 aromatic rings. The first-order valence-electron chi connectivity index (χ1n) is 8.34. The van der Waals surface area contributed by atoms with Crippen molar-refractivity contribution in [3.8, 4) is 11.8 Å². The van der Waals surface area contributed by atoms with Crippen LogP contribution in [0.1, 0.15) is 17.7 Å². The summed E-state index contributed by atoms with van der Waals surface area (Å²) in [5, 5.41) is 13.3. The summed E-state index contributed by atoms with van der Waals surface area (Å²) in [6, 6.07) is 11.7. The van der Waals surface area contributed by atoms with Crippen LogP contribution in [0.15, 0.2) is 42.7 Å². The standard InChI is InChI=1S/C19H17N5O2/c25-19(26)24-9-8-15(11-24)23-18-16-10-14(22-17(16)20-12-21-18)7-6-13-4-2-1-3-5-13/h1-5,10,12,15H,8-9,11H2,(H,25,26)(H2,20,21,22,23). The Labute approximate surface area is 150 Å². The van der Waals surface area contributed by atoms with Gasteiger partial charge in [0.25, 0.3) is 0 Å².